The predicted molar refractivity (Wildman–Crippen MR) is 119 cm³/mol. The van der Waals surface area contributed by atoms with E-state index in [2.05, 4.69) is 21.7 Å². The molecule has 30 heavy (non-hydrogen) atoms. The molecule has 0 bridgehead atoms. The number of benzene rings is 1. The molecule has 0 atom stereocenters. The third kappa shape index (κ3) is 4.65. The molecule has 0 saturated heterocycles. The van der Waals surface area contributed by atoms with E-state index in [-0.39, 0.29) is 23.1 Å². The fourth-order valence-corrected chi connectivity index (χ4v) is 5.27. The summed E-state index contributed by atoms with van der Waals surface area (Å²) in [6.07, 6.45) is 11.4. The Balaban J connectivity index is 1.52. The van der Waals surface area contributed by atoms with Crippen LogP contribution in [0.1, 0.15) is 37.7 Å². The molecule has 0 radical (unpaired) electrons. The summed E-state index contributed by atoms with van der Waals surface area (Å²) >= 11 is 0. The van der Waals surface area contributed by atoms with Gasteiger partial charge in [0.2, 0.25) is 0 Å². The molecule has 2 heterocycles. The topological polar surface area (TPSA) is 82.1 Å². The first kappa shape index (κ1) is 20.8. The lowest BCUT2D eigenvalue weighted by molar-refractivity contribution is -0.112. The normalized spacial score (nSPS) is 21.1. The van der Waals surface area contributed by atoms with Crippen molar-refractivity contribution in [2.75, 3.05) is 24.7 Å². The third-order valence-corrected chi connectivity index (χ3v) is 7.14. The molecular weight excluding hydrogens is 400 g/mol. The summed E-state index contributed by atoms with van der Waals surface area (Å²) in [5.41, 5.74) is 2.04. The molecule has 7 nitrogen and oxygen atoms in total. The average molecular weight is 429 g/mol. The summed E-state index contributed by atoms with van der Waals surface area (Å²) in [5, 5.41) is 2.98. The molecule has 1 aromatic rings. The number of sulfonamides is 1. The van der Waals surface area contributed by atoms with Gasteiger partial charge in [-0.05, 0) is 43.7 Å². The maximum Gasteiger partial charge on any atom is 0.259 e. The van der Waals surface area contributed by atoms with Crippen LogP contribution in [0, 0.1) is 0 Å². The van der Waals surface area contributed by atoms with Crippen LogP contribution in [-0.4, -0.2) is 55.3 Å². The van der Waals surface area contributed by atoms with Gasteiger partial charge in [-0.2, -0.15) is 0 Å². The van der Waals surface area contributed by atoms with Gasteiger partial charge in [0, 0.05) is 31.0 Å². The number of anilines is 1. The highest BCUT2D eigenvalue weighted by Gasteiger charge is 2.30. The number of amidine groups is 1. The smallest absolute Gasteiger partial charge is 0.259 e. The molecule has 1 amide bonds. The van der Waals surface area contributed by atoms with E-state index in [1.54, 1.807) is 23.3 Å². The van der Waals surface area contributed by atoms with E-state index in [1.807, 2.05) is 24.3 Å². The molecule has 0 unspecified atom stereocenters. The fourth-order valence-electron chi connectivity index (χ4n) is 4.28. The molecule has 1 aliphatic carbocycles. The third-order valence-electron chi connectivity index (χ3n) is 5.99. The molecule has 8 heteroatoms. The Morgan fingerprint density at radius 1 is 1.23 bits per heavy atom. The Bertz CT molecular complexity index is 1010. The predicted octanol–water partition coefficient (Wildman–Crippen LogP) is 2.89. The van der Waals surface area contributed by atoms with Crippen LogP contribution in [-0.2, 0) is 21.4 Å². The molecule has 1 fully saturated rings. The Morgan fingerprint density at radius 2 is 2.00 bits per heavy atom. The van der Waals surface area contributed by atoms with E-state index in [4.69, 9.17) is 0 Å². The van der Waals surface area contributed by atoms with E-state index < -0.39 is 10.0 Å². The number of carbonyl (C=O) groups is 1. The van der Waals surface area contributed by atoms with Gasteiger partial charge in [0.15, 0.2) is 5.84 Å². The lowest BCUT2D eigenvalue weighted by atomic mass is 9.94. The van der Waals surface area contributed by atoms with Crippen LogP contribution in [0.2, 0.25) is 0 Å². The van der Waals surface area contributed by atoms with Crippen molar-refractivity contribution in [3.63, 3.8) is 0 Å². The minimum absolute atomic E-state index is 0.0495. The summed E-state index contributed by atoms with van der Waals surface area (Å²) in [6, 6.07) is 8.35. The highest BCUT2D eigenvalue weighted by atomic mass is 32.2. The summed E-state index contributed by atoms with van der Waals surface area (Å²) < 4.78 is 27.7. The quantitative estimate of drug-likeness (QED) is 0.780. The number of rotatable bonds is 5. The van der Waals surface area contributed by atoms with Crippen LogP contribution in [0.3, 0.4) is 0 Å². The molecule has 160 valence electrons. The first-order valence-electron chi connectivity index (χ1n) is 10.5. The van der Waals surface area contributed by atoms with Crippen molar-refractivity contribution in [1.29, 1.82) is 0 Å². The SMILES string of the molecule is CN(Cc1ccccc1NC(=O)C1=CC=CN2CCS(=O)(=O)N=C12)C1CCCCC1. The molecule has 1 N–H and O–H groups in total. The van der Waals surface area contributed by atoms with Gasteiger partial charge in [-0.15, -0.1) is 4.40 Å². The zero-order valence-corrected chi connectivity index (χ0v) is 18.1. The molecule has 3 aliphatic rings. The lowest BCUT2D eigenvalue weighted by Crippen LogP contribution is -2.41. The van der Waals surface area contributed by atoms with Gasteiger partial charge in [0.05, 0.1) is 11.3 Å². The number of amides is 1. The number of fused-ring (bicyclic) bond motifs is 1. The fraction of sp³-hybridized carbons (Fsp3) is 0.455. The number of nitrogens with zero attached hydrogens (tertiary/aromatic N) is 3. The van der Waals surface area contributed by atoms with Crippen molar-refractivity contribution >= 4 is 27.5 Å². The van der Waals surface area contributed by atoms with Crippen molar-refractivity contribution in [3.8, 4) is 0 Å². The summed E-state index contributed by atoms with van der Waals surface area (Å²) in [7, 11) is -1.40. The monoisotopic (exact) mass is 428 g/mol. The second kappa shape index (κ2) is 8.73. The lowest BCUT2D eigenvalue weighted by Gasteiger charge is -2.32. The Hall–Kier alpha value is -2.45. The zero-order valence-electron chi connectivity index (χ0n) is 17.3. The van der Waals surface area contributed by atoms with Gasteiger partial charge in [-0.3, -0.25) is 9.69 Å². The molecule has 0 spiro atoms. The molecule has 4 rings (SSSR count). The number of carbonyl (C=O) groups excluding carboxylic acids is 1. The molecular formula is C22H28N4O3S. The van der Waals surface area contributed by atoms with Crippen LogP contribution < -0.4 is 5.32 Å². The van der Waals surface area contributed by atoms with Gasteiger partial charge in [0.1, 0.15) is 0 Å². The minimum Gasteiger partial charge on any atom is -0.331 e. The van der Waals surface area contributed by atoms with Gasteiger partial charge in [-0.25, -0.2) is 8.42 Å². The Kier molecular flexibility index (Phi) is 6.06. The Labute approximate surface area is 178 Å². The number of allylic oxidation sites excluding steroid dienone is 2. The summed E-state index contributed by atoms with van der Waals surface area (Å²) in [4.78, 5) is 17.1. The second-order valence-corrected chi connectivity index (χ2v) is 9.89. The van der Waals surface area contributed by atoms with Crippen molar-refractivity contribution in [2.45, 2.75) is 44.7 Å². The van der Waals surface area contributed by atoms with E-state index >= 15 is 0 Å². The molecule has 2 aliphatic heterocycles. The average Bonchev–Trinajstić information content (AvgIpc) is 2.74. The van der Waals surface area contributed by atoms with Crippen molar-refractivity contribution in [1.82, 2.24) is 9.80 Å². The maximum atomic E-state index is 13.0. The van der Waals surface area contributed by atoms with E-state index in [1.165, 1.54) is 32.1 Å². The largest absolute Gasteiger partial charge is 0.331 e. The van der Waals surface area contributed by atoms with Crippen molar-refractivity contribution in [3.05, 3.63) is 53.8 Å². The van der Waals surface area contributed by atoms with Gasteiger partial charge in [-0.1, -0.05) is 37.5 Å². The highest BCUT2D eigenvalue weighted by Crippen LogP contribution is 2.26. The number of para-hydroxylation sites is 1. The standard InChI is InChI=1S/C22H28N4O3S/c1-25(18-9-3-2-4-10-18)16-17-8-5-6-12-20(17)23-22(27)19-11-7-13-26-14-15-30(28,29)24-21(19)26/h5-8,11-13,18H,2-4,9-10,14-16H2,1H3,(H,23,27). The summed E-state index contributed by atoms with van der Waals surface area (Å²) in [6.45, 7) is 1.05. The molecule has 1 aromatic carbocycles. The van der Waals surface area contributed by atoms with E-state index in [0.717, 1.165) is 17.8 Å². The van der Waals surface area contributed by atoms with Crippen LogP contribution in [0.15, 0.2) is 52.6 Å². The van der Waals surface area contributed by atoms with Gasteiger partial charge < -0.3 is 10.2 Å². The van der Waals surface area contributed by atoms with Crippen LogP contribution in [0.4, 0.5) is 5.69 Å². The van der Waals surface area contributed by atoms with Gasteiger partial charge in [0.25, 0.3) is 15.9 Å². The van der Waals surface area contributed by atoms with Crippen LogP contribution in [0.5, 0.6) is 0 Å². The van der Waals surface area contributed by atoms with Crippen molar-refractivity contribution in [2.24, 2.45) is 4.40 Å². The first-order valence-corrected chi connectivity index (χ1v) is 12.1. The second-order valence-electron chi connectivity index (χ2n) is 8.13. The zero-order chi connectivity index (χ0) is 21.1. The van der Waals surface area contributed by atoms with Gasteiger partial charge >= 0.3 is 0 Å². The van der Waals surface area contributed by atoms with E-state index in [9.17, 15) is 13.2 Å². The molecule has 1 saturated carbocycles. The van der Waals surface area contributed by atoms with Crippen molar-refractivity contribution < 1.29 is 13.2 Å². The molecule has 0 aromatic heterocycles. The number of nitrogens with one attached hydrogen (secondary N) is 1. The Morgan fingerprint density at radius 3 is 2.80 bits per heavy atom. The number of hydrogen-bond acceptors (Lipinski definition) is 5. The highest BCUT2D eigenvalue weighted by molar-refractivity contribution is 7.90. The first-order chi connectivity index (χ1) is 14.4. The van der Waals surface area contributed by atoms with Crippen LogP contribution in [0.25, 0.3) is 0 Å². The minimum atomic E-state index is -3.54. The number of hydrogen-bond donors (Lipinski definition) is 1. The van der Waals surface area contributed by atoms with Crippen LogP contribution >= 0.6 is 0 Å². The summed E-state index contributed by atoms with van der Waals surface area (Å²) in [5.74, 6) is -0.211. The van der Waals surface area contributed by atoms with E-state index in [0.29, 0.717) is 12.6 Å². The maximum absolute atomic E-state index is 13.0.